The van der Waals surface area contributed by atoms with Gasteiger partial charge in [-0.3, -0.25) is 38.0 Å². The molecule has 4 N–H and O–H groups in total. The number of aliphatic carboxylic acids is 1. The third-order valence-corrected chi connectivity index (χ3v) is 9.68. The molecule has 1 aromatic carbocycles. The quantitative estimate of drug-likeness (QED) is 0.151. The molecular formula is C24H28N6O9S. The van der Waals surface area contributed by atoms with Crippen molar-refractivity contribution in [3.8, 4) is 0 Å². The fourth-order valence-electron chi connectivity index (χ4n) is 5.20. The van der Waals surface area contributed by atoms with Crippen LogP contribution in [0.3, 0.4) is 0 Å². The molecule has 3 heterocycles. The van der Waals surface area contributed by atoms with Gasteiger partial charge >= 0.3 is 23.8 Å². The summed E-state index contributed by atoms with van der Waals surface area (Å²) >= 11 is 0. The number of benzene rings is 1. The lowest BCUT2D eigenvalue weighted by Crippen LogP contribution is -2.80. The third kappa shape index (κ3) is 4.09. The molecule has 3 aliphatic rings. The van der Waals surface area contributed by atoms with Crippen LogP contribution in [0.4, 0.5) is 4.79 Å². The van der Waals surface area contributed by atoms with E-state index < -0.39 is 74.3 Å². The fourth-order valence-corrected chi connectivity index (χ4v) is 7.22. The summed E-state index contributed by atoms with van der Waals surface area (Å²) in [5, 5.41) is 16.1. The van der Waals surface area contributed by atoms with Gasteiger partial charge in [-0.1, -0.05) is 30.3 Å². The number of fused-ring (bicyclic) bond motifs is 1. The summed E-state index contributed by atoms with van der Waals surface area (Å²) in [6.07, 6.45) is 0.233. The van der Waals surface area contributed by atoms with Gasteiger partial charge < -0.3 is 26.0 Å². The Hall–Kier alpha value is -4.34. The zero-order chi connectivity index (χ0) is 29.6. The smallest absolute Gasteiger partial charge is 0.352 e. The first kappa shape index (κ1) is 28.7. The van der Waals surface area contributed by atoms with E-state index in [0.29, 0.717) is 4.90 Å². The molecule has 7 amide bonds. The molecule has 0 saturated carbocycles. The predicted octanol–water partition coefficient (Wildman–Crippen LogP) is -2.15. The number of imide groups is 1. The first-order valence-corrected chi connectivity index (χ1v) is 13.5. The minimum atomic E-state index is -2.52. The van der Waals surface area contributed by atoms with Crippen molar-refractivity contribution in [1.29, 1.82) is 0 Å². The molecule has 16 heteroatoms. The number of urea groups is 1. The Morgan fingerprint density at radius 3 is 2.35 bits per heavy atom. The first-order valence-electron chi connectivity index (χ1n) is 12.3. The van der Waals surface area contributed by atoms with E-state index in [-0.39, 0.29) is 31.6 Å². The number of carboxylic acids is 1. The van der Waals surface area contributed by atoms with Gasteiger partial charge in [-0.15, -0.1) is 0 Å². The van der Waals surface area contributed by atoms with Gasteiger partial charge in [0.15, 0.2) is 0 Å². The van der Waals surface area contributed by atoms with Crippen molar-refractivity contribution in [1.82, 2.24) is 30.7 Å². The van der Waals surface area contributed by atoms with Crippen LogP contribution in [0.15, 0.2) is 30.3 Å². The summed E-state index contributed by atoms with van der Waals surface area (Å²) in [6.45, 7) is 4.50. The monoisotopic (exact) mass is 576 g/mol. The third-order valence-electron chi connectivity index (χ3n) is 7.46. The molecule has 3 aliphatic heterocycles. The van der Waals surface area contributed by atoms with Crippen molar-refractivity contribution in [2.75, 3.05) is 19.6 Å². The van der Waals surface area contributed by atoms with Gasteiger partial charge in [-0.2, -0.15) is 0 Å². The van der Waals surface area contributed by atoms with Crippen molar-refractivity contribution in [3.05, 3.63) is 35.9 Å². The van der Waals surface area contributed by atoms with Crippen LogP contribution in [0.5, 0.6) is 0 Å². The number of likely N-dealkylation sites (N-methyl/N-ethyl adjacent to an activating group) is 1. The topological polar surface area (TPSA) is 203 Å². The Bertz CT molecular complexity index is 1320. The lowest BCUT2D eigenvalue weighted by Gasteiger charge is -2.49. The first-order chi connectivity index (χ1) is 18.8. The fraction of sp³-hybridized carbons (Fsp3) is 0.458. The van der Waals surface area contributed by atoms with Crippen LogP contribution in [0.2, 0.25) is 0 Å². The van der Waals surface area contributed by atoms with E-state index in [1.165, 1.54) is 30.9 Å². The van der Waals surface area contributed by atoms with Crippen LogP contribution in [0.1, 0.15) is 32.4 Å². The molecule has 214 valence electrons. The SMILES string of the molecule is CCN1CCN(C(=O)NC(C(=O)N[C@@]2(C(=O)O)N3C(=O)[C@@H](NC=O)[C@H]3S(=O)C2(C)C)c2ccccc2)C(=O)C1=O. The highest BCUT2D eigenvalue weighted by Gasteiger charge is 2.77. The molecule has 0 spiro atoms. The largest absolute Gasteiger partial charge is 0.478 e. The molecule has 5 atom stereocenters. The van der Waals surface area contributed by atoms with Crippen LogP contribution >= 0.6 is 0 Å². The van der Waals surface area contributed by atoms with Crippen LogP contribution in [-0.4, -0.2) is 108 Å². The minimum Gasteiger partial charge on any atom is -0.478 e. The zero-order valence-corrected chi connectivity index (χ0v) is 22.6. The Balaban J connectivity index is 1.68. The maximum atomic E-state index is 13.8. The molecule has 4 rings (SSSR count). The van der Waals surface area contributed by atoms with E-state index in [2.05, 4.69) is 16.0 Å². The van der Waals surface area contributed by atoms with Crippen LogP contribution in [-0.2, 0) is 39.6 Å². The van der Waals surface area contributed by atoms with E-state index in [0.717, 1.165) is 4.90 Å². The second-order valence-electron chi connectivity index (χ2n) is 9.81. The molecule has 0 bridgehead atoms. The van der Waals surface area contributed by atoms with Crippen LogP contribution in [0, 0.1) is 0 Å². The highest BCUT2D eigenvalue weighted by Crippen LogP contribution is 2.49. The standard InChI is InChI=1S/C24H28N6O9S/c1-4-28-10-11-29(19(35)18(28)34)22(38)26-14(13-8-6-5-7-9-13)16(32)27-24(21(36)37)23(2,3)40(39)20-15(25-12-31)17(33)30(20)24/h5-9,12,14-15,20H,4,10-11H2,1-3H3,(H,25,31)(H,26,38)(H,27,32)(H,36,37)/t14?,15-,20-,24+,40?/m1/s1. The van der Waals surface area contributed by atoms with Crippen molar-refractivity contribution in [3.63, 3.8) is 0 Å². The van der Waals surface area contributed by atoms with Gasteiger partial charge in [-0.05, 0) is 26.3 Å². The summed E-state index contributed by atoms with van der Waals surface area (Å²) < 4.78 is 11.6. The van der Waals surface area contributed by atoms with Crippen LogP contribution in [0.25, 0.3) is 0 Å². The number of carboxylic acid groups (broad SMARTS) is 1. The van der Waals surface area contributed by atoms with Gasteiger partial charge in [0, 0.05) is 19.6 Å². The molecule has 1 aromatic rings. The van der Waals surface area contributed by atoms with Gasteiger partial charge in [-0.25, -0.2) is 9.59 Å². The van der Waals surface area contributed by atoms with E-state index in [9.17, 15) is 42.9 Å². The maximum Gasteiger partial charge on any atom is 0.352 e. The summed E-state index contributed by atoms with van der Waals surface area (Å²) in [5.74, 6) is -5.61. The number of amides is 7. The summed E-state index contributed by atoms with van der Waals surface area (Å²) in [4.78, 5) is 91.1. The number of carbonyl (C=O) groups is 7. The number of β-lactam (4-membered cyclic amide) rings is 1. The van der Waals surface area contributed by atoms with Crippen molar-refractivity contribution >= 4 is 52.8 Å². The molecule has 3 fully saturated rings. The number of carbonyl (C=O) groups excluding carboxylic acids is 6. The average molecular weight is 577 g/mol. The van der Waals surface area contributed by atoms with Crippen molar-refractivity contribution in [2.24, 2.45) is 0 Å². The number of piperazine rings is 1. The highest BCUT2D eigenvalue weighted by molar-refractivity contribution is 7.87. The number of nitrogens with one attached hydrogen (secondary N) is 3. The molecule has 15 nitrogen and oxygen atoms in total. The van der Waals surface area contributed by atoms with E-state index >= 15 is 0 Å². The highest BCUT2D eigenvalue weighted by atomic mass is 32.2. The Kier molecular flexibility index (Phi) is 7.40. The second kappa shape index (κ2) is 10.3. The Labute approximate surface area is 230 Å². The lowest BCUT2D eigenvalue weighted by atomic mass is 9.88. The van der Waals surface area contributed by atoms with Gasteiger partial charge in [0.25, 0.3) is 5.91 Å². The molecule has 0 aliphatic carbocycles. The Morgan fingerprint density at radius 1 is 1.12 bits per heavy atom. The molecule has 2 unspecified atom stereocenters. The maximum absolute atomic E-state index is 13.8. The van der Waals surface area contributed by atoms with E-state index in [1.54, 1.807) is 25.1 Å². The lowest BCUT2D eigenvalue weighted by molar-refractivity contribution is -0.176. The molecule has 0 aromatic heterocycles. The van der Waals surface area contributed by atoms with Gasteiger partial charge in [0.05, 0.1) is 15.5 Å². The normalized spacial score (nSPS) is 27.8. The number of rotatable bonds is 8. The molecule has 3 saturated heterocycles. The van der Waals surface area contributed by atoms with Gasteiger partial charge in [0.2, 0.25) is 18.0 Å². The van der Waals surface area contributed by atoms with Crippen molar-refractivity contribution in [2.45, 2.75) is 48.6 Å². The minimum absolute atomic E-state index is 0.0905. The summed E-state index contributed by atoms with van der Waals surface area (Å²) in [5.41, 5.74) is -2.32. The molecule has 0 radical (unpaired) electrons. The van der Waals surface area contributed by atoms with Gasteiger partial charge in [0.1, 0.15) is 17.5 Å². The Morgan fingerprint density at radius 2 is 1.77 bits per heavy atom. The van der Waals surface area contributed by atoms with E-state index in [1.807, 2.05) is 0 Å². The van der Waals surface area contributed by atoms with E-state index in [4.69, 9.17) is 0 Å². The average Bonchev–Trinajstić information content (AvgIpc) is 3.08. The molecule has 40 heavy (non-hydrogen) atoms. The van der Waals surface area contributed by atoms with Crippen molar-refractivity contribution < 1.29 is 42.9 Å². The summed E-state index contributed by atoms with van der Waals surface area (Å²) in [7, 11) is -2.06. The zero-order valence-electron chi connectivity index (χ0n) is 21.8. The number of hydrogen-bond acceptors (Lipinski definition) is 8. The number of nitrogens with zero attached hydrogens (tertiary/aromatic N) is 3. The number of hydrogen-bond donors (Lipinski definition) is 4. The predicted molar refractivity (Wildman–Crippen MR) is 136 cm³/mol. The van der Waals surface area contributed by atoms with Crippen LogP contribution < -0.4 is 16.0 Å². The summed E-state index contributed by atoms with van der Waals surface area (Å²) in [6, 6.07) is 3.80. The molecular weight excluding hydrogens is 548 g/mol. The second-order valence-corrected chi connectivity index (χ2v) is 11.9.